The first-order chi connectivity index (χ1) is 8.04. The first kappa shape index (κ1) is 11.9. The van der Waals surface area contributed by atoms with Crippen molar-refractivity contribution in [3.05, 3.63) is 45.8 Å². The molecule has 1 aromatic heterocycles. The third kappa shape index (κ3) is 2.94. The predicted octanol–water partition coefficient (Wildman–Crippen LogP) is 3.31. The van der Waals surface area contributed by atoms with Gasteiger partial charge >= 0.3 is 0 Å². The van der Waals surface area contributed by atoms with E-state index in [4.69, 9.17) is 4.52 Å². The van der Waals surface area contributed by atoms with Gasteiger partial charge in [-0.1, -0.05) is 21.1 Å². The number of anilines is 1. The lowest BCUT2D eigenvalue weighted by Crippen LogP contribution is -2.10. The number of nitrogens with zero attached hydrogens (tertiary/aromatic N) is 1. The summed E-state index contributed by atoms with van der Waals surface area (Å²) in [5, 5.41) is 6.42. The molecule has 0 saturated heterocycles. The minimum Gasteiger partial charge on any atom is -0.351 e. The Morgan fingerprint density at radius 3 is 2.65 bits per heavy atom. The molecule has 0 bridgehead atoms. The smallest absolute Gasteiger partial charge is 0.294 e. The third-order valence-electron chi connectivity index (χ3n) is 2.15. The van der Waals surface area contributed by atoms with Gasteiger partial charge in [0.25, 0.3) is 5.91 Å². The van der Waals surface area contributed by atoms with E-state index in [1.165, 1.54) is 0 Å². The average molecular weight is 295 g/mol. The summed E-state index contributed by atoms with van der Waals surface area (Å²) in [6.45, 7) is 3.72. The van der Waals surface area contributed by atoms with E-state index < -0.39 is 0 Å². The normalized spacial score (nSPS) is 10.3. The molecule has 4 nitrogen and oxygen atoms in total. The van der Waals surface area contributed by atoms with Crippen molar-refractivity contribution in [2.24, 2.45) is 0 Å². The van der Waals surface area contributed by atoms with Crippen molar-refractivity contribution in [3.8, 4) is 0 Å². The molecule has 0 aliphatic rings. The van der Waals surface area contributed by atoms with E-state index in [1.807, 2.05) is 25.1 Å². The molecule has 0 saturated carbocycles. The van der Waals surface area contributed by atoms with Crippen LogP contribution in [0.5, 0.6) is 0 Å². The Morgan fingerprint density at radius 1 is 1.29 bits per heavy atom. The maximum Gasteiger partial charge on any atom is 0.294 e. The van der Waals surface area contributed by atoms with Crippen molar-refractivity contribution in [2.75, 3.05) is 5.32 Å². The Labute approximate surface area is 107 Å². The number of carbonyl (C=O) groups is 1. The van der Waals surface area contributed by atoms with Crippen LogP contribution in [-0.4, -0.2) is 11.1 Å². The Morgan fingerprint density at radius 2 is 2.06 bits per heavy atom. The van der Waals surface area contributed by atoms with Gasteiger partial charge in [0.15, 0.2) is 0 Å². The zero-order chi connectivity index (χ0) is 12.4. The zero-order valence-electron chi connectivity index (χ0n) is 9.45. The van der Waals surface area contributed by atoms with Crippen molar-refractivity contribution in [1.29, 1.82) is 0 Å². The molecule has 1 aromatic carbocycles. The number of hydrogen-bond acceptors (Lipinski definition) is 3. The van der Waals surface area contributed by atoms with Crippen LogP contribution in [0.4, 0.5) is 5.69 Å². The monoisotopic (exact) mass is 294 g/mol. The highest BCUT2D eigenvalue weighted by Gasteiger charge is 2.11. The predicted molar refractivity (Wildman–Crippen MR) is 68.1 cm³/mol. The summed E-state index contributed by atoms with van der Waals surface area (Å²) in [6.07, 6.45) is 0. The topological polar surface area (TPSA) is 55.1 Å². The summed E-state index contributed by atoms with van der Waals surface area (Å²) in [6, 6.07) is 7.27. The number of nitrogens with one attached hydrogen (secondary N) is 1. The van der Waals surface area contributed by atoms with Gasteiger partial charge < -0.3 is 9.84 Å². The van der Waals surface area contributed by atoms with E-state index in [0.717, 1.165) is 15.7 Å². The van der Waals surface area contributed by atoms with Crippen molar-refractivity contribution < 1.29 is 9.32 Å². The van der Waals surface area contributed by atoms with Crippen molar-refractivity contribution >= 4 is 27.5 Å². The van der Waals surface area contributed by atoms with E-state index in [9.17, 15) is 4.79 Å². The van der Waals surface area contributed by atoms with E-state index in [-0.39, 0.29) is 11.7 Å². The van der Waals surface area contributed by atoms with E-state index in [1.54, 1.807) is 13.0 Å². The Bertz CT molecular complexity index is 543. The molecule has 2 rings (SSSR count). The van der Waals surface area contributed by atoms with Gasteiger partial charge in [-0.05, 0) is 37.6 Å². The maximum atomic E-state index is 11.8. The molecule has 0 aliphatic carbocycles. The summed E-state index contributed by atoms with van der Waals surface area (Å²) in [5.74, 6) is -0.0942. The molecule has 0 aliphatic heterocycles. The minimum absolute atomic E-state index is 0.208. The van der Waals surface area contributed by atoms with Gasteiger partial charge in [0.2, 0.25) is 5.76 Å². The lowest BCUT2D eigenvalue weighted by Gasteiger charge is -2.04. The second-order valence-electron chi connectivity index (χ2n) is 3.80. The molecule has 0 atom stereocenters. The second-order valence-corrected chi connectivity index (χ2v) is 4.72. The molecule has 1 heterocycles. The molecule has 0 fully saturated rings. The number of aromatic nitrogens is 1. The Hall–Kier alpha value is -1.62. The molecular weight excluding hydrogens is 284 g/mol. The van der Waals surface area contributed by atoms with E-state index >= 15 is 0 Å². The number of aryl methyl sites for hydroxylation is 2. The summed E-state index contributed by atoms with van der Waals surface area (Å²) in [5.41, 5.74) is 2.46. The summed E-state index contributed by atoms with van der Waals surface area (Å²) in [7, 11) is 0. The first-order valence-electron chi connectivity index (χ1n) is 5.06. The van der Waals surface area contributed by atoms with Gasteiger partial charge in [0, 0.05) is 16.2 Å². The van der Waals surface area contributed by atoms with Crippen LogP contribution in [0.3, 0.4) is 0 Å². The first-order valence-corrected chi connectivity index (χ1v) is 5.86. The van der Waals surface area contributed by atoms with Gasteiger partial charge in [0.05, 0.1) is 5.69 Å². The lowest BCUT2D eigenvalue weighted by molar-refractivity contribution is 0.0988. The molecular formula is C12H11BrN2O2. The number of amides is 1. The number of hydrogen-bond donors (Lipinski definition) is 1. The van der Waals surface area contributed by atoms with Crippen LogP contribution in [0.15, 0.2) is 33.3 Å². The summed E-state index contributed by atoms with van der Waals surface area (Å²) < 4.78 is 5.80. The fourth-order valence-corrected chi connectivity index (χ4v) is 2.08. The quantitative estimate of drug-likeness (QED) is 0.924. The van der Waals surface area contributed by atoms with Crippen LogP contribution in [0.25, 0.3) is 0 Å². The highest BCUT2D eigenvalue weighted by Crippen LogP contribution is 2.19. The lowest BCUT2D eigenvalue weighted by atomic mass is 10.2. The van der Waals surface area contributed by atoms with Crippen LogP contribution < -0.4 is 5.32 Å². The highest BCUT2D eigenvalue weighted by atomic mass is 79.9. The molecule has 1 N–H and O–H groups in total. The van der Waals surface area contributed by atoms with Crippen molar-refractivity contribution in [3.63, 3.8) is 0 Å². The fourth-order valence-electron chi connectivity index (χ4n) is 1.47. The van der Waals surface area contributed by atoms with Gasteiger partial charge in [-0.15, -0.1) is 0 Å². The Balaban J connectivity index is 2.18. The Kier molecular flexibility index (Phi) is 3.28. The molecule has 0 radical (unpaired) electrons. The molecule has 1 amide bonds. The molecule has 0 spiro atoms. The molecule has 0 unspecified atom stereocenters. The number of halogens is 1. The molecule has 88 valence electrons. The fraction of sp³-hybridized carbons (Fsp3) is 0.167. The minimum atomic E-state index is -0.303. The van der Waals surface area contributed by atoms with Crippen LogP contribution in [0.2, 0.25) is 0 Å². The van der Waals surface area contributed by atoms with Gasteiger partial charge in [-0.2, -0.15) is 0 Å². The molecule has 2 aromatic rings. The van der Waals surface area contributed by atoms with Crippen LogP contribution >= 0.6 is 15.9 Å². The number of carbonyl (C=O) groups excluding carboxylic acids is 1. The van der Waals surface area contributed by atoms with Crippen molar-refractivity contribution in [1.82, 2.24) is 5.16 Å². The average Bonchev–Trinajstić information content (AvgIpc) is 2.63. The van der Waals surface area contributed by atoms with Crippen molar-refractivity contribution in [2.45, 2.75) is 13.8 Å². The van der Waals surface area contributed by atoms with Crippen LogP contribution in [0, 0.1) is 13.8 Å². The summed E-state index contributed by atoms with van der Waals surface area (Å²) in [4.78, 5) is 11.8. The van der Waals surface area contributed by atoms with Crippen LogP contribution in [-0.2, 0) is 0 Å². The standard InChI is InChI=1S/C12H11BrN2O2/c1-7-3-9(13)6-10(4-7)14-12(16)11-5-8(2)15-17-11/h3-6H,1-2H3,(H,14,16). The van der Waals surface area contributed by atoms with Gasteiger partial charge in [0.1, 0.15) is 0 Å². The number of benzene rings is 1. The largest absolute Gasteiger partial charge is 0.351 e. The second kappa shape index (κ2) is 4.71. The maximum absolute atomic E-state index is 11.8. The number of rotatable bonds is 2. The third-order valence-corrected chi connectivity index (χ3v) is 2.61. The zero-order valence-corrected chi connectivity index (χ0v) is 11.0. The molecule has 17 heavy (non-hydrogen) atoms. The summed E-state index contributed by atoms with van der Waals surface area (Å²) >= 11 is 3.38. The molecule has 5 heteroatoms. The van der Waals surface area contributed by atoms with E-state index in [0.29, 0.717) is 5.69 Å². The van der Waals surface area contributed by atoms with Gasteiger partial charge in [-0.25, -0.2) is 0 Å². The van der Waals surface area contributed by atoms with Crippen LogP contribution in [0.1, 0.15) is 21.8 Å². The highest BCUT2D eigenvalue weighted by molar-refractivity contribution is 9.10. The SMILES string of the molecule is Cc1cc(Br)cc(NC(=O)c2cc(C)no2)c1. The van der Waals surface area contributed by atoms with E-state index in [2.05, 4.69) is 26.4 Å². The van der Waals surface area contributed by atoms with Gasteiger partial charge in [-0.3, -0.25) is 4.79 Å².